The van der Waals surface area contributed by atoms with Crippen LogP contribution >= 0.6 is 0 Å². The Labute approximate surface area is 138 Å². The summed E-state index contributed by atoms with van der Waals surface area (Å²) >= 11 is 0. The Hall–Kier alpha value is -2.10. The van der Waals surface area contributed by atoms with Crippen molar-refractivity contribution >= 4 is 5.91 Å². The summed E-state index contributed by atoms with van der Waals surface area (Å²) in [5, 5.41) is 0. The van der Waals surface area contributed by atoms with Gasteiger partial charge in [0, 0.05) is 38.4 Å². The molecule has 2 heterocycles. The smallest absolute Gasteiger partial charge is 0.224 e. The van der Waals surface area contributed by atoms with Crippen LogP contribution in [0.2, 0.25) is 0 Å². The van der Waals surface area contributed by atoms with Gasteiger partial charge in [0.15, 0.2) is 0 Å². The highest BCUT2D eigenvalue weighted by molar-refractivity contribution is 5.76. The van der Waals surface area contributed by atoms with Crippen LogP contribution in [0.25, 0.3) is 0 Å². The van der Waals surface area contributed by atoms with E-state index in [-0.39, 0.29) is 5.91 Å². The molecule has 2 atom stereocenters. The molecule has 0 N–H and O–H groups in total. The van der Waals surface area contributed by atoms with Crippen molar-refractivity contribution in [2.45, 2.75) is 38.6 Å². The van der Waals surface area contributed by atoms with Gasteiger partial charge in [-0.05, 0) is 23.8 Å². The topological polar surface area (TPSA) is 38.1 Å². The third kappa shape index (κ3) is 3.81. The molecule has 1 saturated heterocycles. The molecule has 1 aliphatic rings. The Kier molecular flexibility index (Phi) is 5.11. The molecule has 4 nitrogen and oxygen atoms in total. The average Bonchev–Trinajstić information content (AvgIpc) is 3.13. The fourth-order valence-electron chi connectivity index (χ4n) is 3.61. The number of hydrogen-bond donors (Lipinski definition) is 0. The molecule has 0 unspecified atom stereocenters. The van der Waals surface area contributed by atoms with Crippen LogP contribution in [0.15, 0.2) is 49.1 Å². The fraction of sp³-hybridized carbons (Fsp3) is 0.474. The lowest BCUT2D eigenvalue weighted by Crippen LogP contribution is -2.43. The number of imidazole rings is 1. The second kappa shape index (κ2) is 7.44. The molecule has 0 saturated carbocycles. The molecule has 23 heavy (non-hydrogen) atoms. The number of aryl methyl sites for hydroxylation is 1. The van der Waals surface area contributed by atoms with Gasteiger partial charge < -0.3 is 9.47 Å². The Bertz CT molecular complexity index is 609. The molecule has 3 rings (SSSR count). The number of piperidine rings is 1. The third-order valence-electron chi connectivity index (χ3n) is 4.98. The maximum Gasteiger partial charge on any atom is 0.224 e. The van der Waals surface area contributed by atoms with Gasteiger partial charge in [0.05, 0.1) is 6.33 Å². The standard InChI is InChI=1S/C19H25N3O/c1-2-16-14-22(19(23)9-11-21-13-10-20-15-21)12-8-18(16)17-6-4-3-5-7-17/h3-7,10,13,15-16,18H,2,8-9,11-12,14H2,1H3/t16-,18+/m0/s1. The lowest BCUT2D eigenvalue weighted by atomic mass is 9.79. The Morgan fingerprint density at radius 3 is 2.83 bits per heavy atom. The van der Waals surface area contributed by atoms with Crippen LogP contribution in [0.1, 0.15) is 37.7 Å². The molecule has 1 aliphatic heterocycles. The summed E-state index contributed by atoms with van der Waals surface area (Å²) in [7, 11) is 0. The van der Waals surface area contributed by atoms with E-state index in [1.54, 1.807) is 12.5 Å². The number of likely N-dealkylation sites (tertiary alicyclic amines) is 1. The zero-order valence-corrected chi connectivity index (χ0v) is 13.8. The van der Waals surface area contributed by atoms with E-state index >= 15 is 0 Å². The first-order valence-electron chi connectivity index (χ1n) is 8.56. The van der Waals surface area contributed by atoms with Crippen molar-refractivity contribution in [3.63, 3.8) is 0 Å². The summed E-state index contributed by atoms with van der Waals surface area (Å²) in [6, 6.07) is 10.8. The average molecular weight is 311 g/mol. The second-order valence-electron chi connectivity index (χ2n) is 6.36. The molecule has 0 radical (unpaired) electrons. The lowest BCUT2D eigenvalue weighted by Gasteiger charge is -2.38. The minimum Gasteiger partial charge on any atom is -0.342 e. The maximum absolute atomic E-state index is 12.5. The largest absolute Gasteiger partial charge is 0.342 e. The summed E-state index contributed by atoms with van der Waals surface area (Å²) in [5.41, 5.74) is 1.42. The Balaban J connectivity index is 1.58. The first-order valence-corrected chi connectivity index (χ1v) is 8.56. The van der Waals surface area contributed by atoms with E-state index in [1.807, 2.05) is 10.8 Å². The van der Waals surface area contributed by atoms with E-state index < -0.39 is 0 Å². The molecular weight excluding hydrogens is 286 g/mol. The Morgan fingerprint density at radius 2 is 2.13 bits per heavy atom. The van der Waals surface area contributed by atoms with E-state index in [4.69, 9.17) is 0 Å². The highest BCUT2D eigenvalue weighted by Crippen LogP contribution is 2.34. The number of aromatic nitrogens is 2. The summed E-state index contributed by atoms with van der Waals surface area (Å²) < 4.78 is 1.96. The van der Waals surface area contributed by atoms with Gasteiger partial charge >= 0.3 is 0 Å². The number of benzene rings is 1. The molecule has 122 valence electrons. The van der Waals surface area contributed by atoms with Crippen molar-refractivity contribution in [1.29, 1.82) is 0 Å². The molecular formula is C19H25N3O. The van der Waals surface area contributed by atoms with Gasteiger partial charge in [0.1, 0.15) is 0 Å². The zero-order valence-electron chi connectivity index (χ0n) is 13.8. The second-order valence-corrected chi connectivity index (χ2v) is 6.36. The van der Waals surface area contributed by atoms with Crippen molar-refractivity contribution in [2.24, 2.45) is 5.92 Å². The van der Waals surface area contributed by atoms with E-state index in [9.17, 15) is 4.79 Å². The van der Waals surface area contributed by atoms with E-state index in [0.717, 1.165) is 25.9 Å². The van der Waals surface area contributed by atoms with Crippen LogP contribution in [0, 0.1) is 5.92 Å². The zero-order chi connectivity index (χ0) is 16.1. The highest BCUT2D eigenvalue weighted by atomic mass is 16.2. The van der Waals surface area contributed by atoms with Crippen LogP contribution in [-0.2, 0) is 11.3 Å². The number of nitrogens with zero attached hydrogens (tertiary/aromatic N) is 3. The fourth-order valence-corrected chi connectivity index (χ4v) is 3.61. The van der Waals surface area contributed by atoms with Crippen LogP contribution < -0.4 is 0 Å². The highest BCUT2D eigenvalue weighted by Gasteiger charge is 2.30. The van der Waals surface area contributed by atoms with E-state index in [1.165, 1.54) is 5.56 Å². The molecule has 4 heteroatoms. The number of carbonyl (C=O) groups is 1. The lowest BCUT2D eigenvalue weighted by molar-refractivity contribution is -0.133. The summed E-state index contributed by atoms with van der Waals surface area (Å²) in [6.45, 7) is 4.71. The molecule has 1 amide bonds. The van der Waals surface area contributed by atoms with E-state index in [0.29, 0.717) is 24.8 Å². The van der Waals surface area contributed by atoms with Gasteiger partial charge in [-0.1, -0.05) is 43.7 Å². The number of rotatable bonds is 5. The first-order chi connectivity index (χ1) is 11.3. The van der Waals surface area contributed by atoms with Gasteiger partial charge in [-0.15, -0.1) is 0 Å². The van der Waals surface area contributed by atoms with Gasteiger partial charge in [0.25, 0.3) is 0 Å². The van der Waals surface area contributed by atoms with E-state index in [2.05, 4.69) is 47.1 Å². The molecule has 1 aromatic heterocycles. The van der Waals surface area contributed by atoms with Crippen molar-refractivity contribution in [3.05, 3.63) is 54.6 Å². The summed E-state index contributed by atoms with van der Waals surface area (Å²) in [5.74, 6) is 1.41. The SMILES string of the molecule is CC[C@H]1CN(C(=O)CCn2ccnc2)CC[C@H]1c1ccccc1. The van der Waals surface area contributed by atoms with Crippen LogP contribution in [-0.4, -0.2) is 33.4 Å². The Morgan fingerprint density at radius 1 is 1.30 bits per heavy atom. The van der Waals surface area contributed by atoms with Crippen molar-refractivity contribution in [3.8, 4) is 0 Å². The number of hydrogen-bond acceptors (Lipinski definition) is 2. The predicted molar refractivity (Wildman–Crippen MR) is 91.0 cm³/mol. The predicted octanol–water partition coefficient (Wildman–Crippen LogP) is 3.32. The minimum atomic E-state index is 0.267. The maximum atomic E-state index is 12.5. The minimum absolute atomic E-state index is 0.267. The summed E-state index contributed by atoms with van der Waals surface area (Å²) in [6.07, 6.45) is 8.17. The number of amides is 1. The molecule has 1 aromatic carbocycles. The third-order valence-corrected chi connectivity index (χ3v) is 4.98. The molecule has 0 aliphatic carbocycles. The van der Waals surface area contributed by atoms with Gasteiger partial charge in [-0.3, -0.25) is 4.79 Å². The summed E-state index contributed by atoms with van der Waals surface area (Å²) in [4.78, 5) is 18.6. The molecule has 2 aromatic rings. The van der Waals surface area contributed by atoms with Crippen molar-refractivity contribution in [1.82, 2.24) is 14.5 Å². The monoisotopic (exact) mass is 311 g/mol. The van der Waals surface area contributed by atoms with Gasteiger partial charge in [-0.2, -0.15) is 0 Å². The molecule has 0 spiro atoms. The quantitative estimate of drug-likeness (QED) is 0.849. The molecule has 0 bridgehead atoms. The van der Waals surface area contributed by atoms with Crippen LogP contribution in [0.5, 0.6) is 0 Å². The van der Waals surface area contributed by atoms with Crippen LogP contribution in [0.4, 0.5) is 0 Å². The van der Waals surface area contributed by atoms with Crippen molar-refractivity contribution in [2.75, 3.05) is 13.1 Å². The number of carbonyl (C=O) groups excluding carboxylic acids is 1. The normalized spacial score (nSPS) is 21.3. The van der Waals surface area contributed by atoms with Gasteiger partial charge in [-0.25, -0.2) is 4.98 Å². The first kappa shape index (κ1) is 15.8. The van der Waals surface area contributed by atoms with Gasteiger partial charge in [0.2, 0.25) is 5.91 Å². The van der Waals surface area contributed by atoms with Crippen LogP contribution in [0.3, 0.4) is 0 Å². The molecule has 1 fully saturated rings. The van der Waals surface area contributed by atoms with Crippen molar-refractivity contribution < 1.29 is 4.79 Å².